The first-order valence-electron chi connectivity index (χ1n) is 9.23. The minimum Gasteiger partial charge on any atom is -0.382 e. The summed E-state index contributed by atoms with van der Waals surface area (Å²) < 4.78 is 10.6. The van der Waals surface area contributed by atoms with E-state index in [9.17, 15) is 0 Å². The SMILES string of the molecule is CC1(C)COC(CN)OC1.Cc1ccc(C#CC2CC2)cc1N=C(N)C=N. The highest BCUT2D eigenvalue weighted by Gasteiger charge is 2.27. The van der Waals surface area contributed by atoms with Gasteiger partial charge in [0.25, 0.3) is 0 Å². The Morgan fingerprint density at radius 2 is 2.00 bits per heavy atom. The van der Waals surface area contributed by atoms with Crippen LogP contribution in [0.3, 0.4) is 0 Å². The zero-order valence-electron chi connectivity index (χ0n) is 16.4. The Kier molecular flexibility index (Phi) is 7.55. The van der Waals surface area contributed by atoms with Gasteiger partial charge in [0.15, 0.2) is 6.29 Å². The zero-order valence-corrected chi connectivity index (χ0v) is 16.4. The Labute approximate surface area is 161 Å². The molecule has 0 aromatic heterocycles. The van der Waals surface area contributed by atoms with Gasteiger partial charge in [0.1, 0.15) is 5.84 Å². The maximum atomic E-state index is 7.02. The van der Waals surface area contributed by atoms with Crippen molar-refractivity contribution in [2.45, 2.75) is 39.9 Å². The molecular weight excluding hydrogens is 340 g/mol. The molecule has 1 aromatic carbocycles. The second kappa shape index (κ2) is 9.65. The molecule has 0 atom stereocenters. The first kappa shape index (κ1) is 21.1. The standard InChI is InChI=1S/C14H15N3.C7H15NO2/c1-10-2-3-12(7-6-11-4-5-11)8-13(10)17-14(16)9-15;1-7(2)4-9-6(3-8)10-5-7/h2-3,8-9,11,15H,4-5H2,1H3,(H2,16,17);6H,3-5,8H2,1-2H3. The predicted molar refractivity (Wildman–Crippen MR) is 109 cm³/mol. The highest BCUT2D eigenvalue weighted by Crippen LogP contribution is 2.28. The van der Waals surface area contributed by atoms with Crippen molar-refractivity contribution in [3.05, 3.63) is 29.3 Å². The second-order valence-electron chi connectivity index (χ2n) is 7.68. The number of nitrogens with one attached hydrogen (secondary N) is 1. The highest BCUT2D eigenvalue weighted by atomic mass is 16.7. The van der Waals surface area contributed by atoms with Gasteiger partial charge in [-0.1, -0.05) is 31.8 Å². The van der Waals surface area contributed by atoms with Crippen LogP contribution < -0.4 is 11.5 Å². The van der Waals surface area contributed by atoms with E-state index in [0.29, 0.717) is 12.5 Å². The Morgan fingerprint density at radius 3 is 2.56 bits per heavy atom. The van der Waals surface area contributed by atoms with Gasteiger partial charge in [-0.15, -0.1) is 0 Å². The van der Waals surface area contributed by atoms with Gasteiger partial charge in [-0.2, -0.15) is 0 Å². The lowest BCUT2D eigenvalue weighted by Gasteiger charge is -2.33. The number of hydrogen-bond donors (Lipinski definition) is 3. The molecular formula is C21H30N4O2. The van der Waals surface area contributed by atoms with Crippen molar-refractivity contribution in [3.63, 3.8) is 0 Å². The number of amidine groups is 1. The van der Waals surface area contributed by atoms with Gasteiger partial charge in [-0.05, 0) is 37.5 Å². The fraction of sp³-hybridized carbons (Fsp3) is 0.524. The van der Waals surface area contributed by atoms with E-state index in [1.807, 2.05) is 25.1 Å². The van der Waals surface area contributed by atoms with Crippen LogP contribution in [0, 0.1) is 35.5 Å². The lowest BCUT2D eigenvalue weighted by atomic mass is 9.96. The van der Waals surface area contributed by atoms with Gasteiger partial charge in [0.05, 0.1) is 25.1 Å². The fourth-order valence-corrected chi connectivity index (χ4v) is 2.25. The smallest absolute Gasteiger partial charge is 0.169 e. The summed E-state index contributed by atoms with van der Waals surface area (Å²) in [5, 5.41) is 7.02. The first-order chi connectivity index (χ1) is 12.8. The van der Waals surface area contributed by atoms with E-state index in [0.717, 1.165) is 36.2 Å². The number of nitrogens with zero attached hydrogens (tertiary/aromatic N) is 1. The molecule has 1 aliphatic carbocycles. The van der Waals surface area contributed by atoms with Crippen LogP contribution in [-0.4, -0.2) is 38.1 Å². The molecule has 0 amide bonds. The molecule has 1 saturated heterocycles. The van der Waals surface area contributed by atoms with Crippen molar-refractivity contribution < 1.29 is 9.47 Å². The van der Waals surface area contributed by atoms with Crippen LogP contribution in [0.2, 0.25) is 0 Å². The molecule has 1 aromatic rings. The number of hydrogen-bond acceptors (Lipinski definition) is 5. The number of aliphatic imine (C=N–C) groups is 1. The lowest BCUT2D eigenvalue weighted by Crippen LogP contribution is -2.41. The molecule has 0 radical (unpaired) electrons. The van der Waals surface area contributed by atoms with Crippen molar-refractivity contribution >= 4 is 17.7 Å². The van der Waals surface area contributed by atoms with Crippen molar-refractivity contribution in [1.82, 2.24) is 0 Å². The summed E-state index contributed by atoms with van der Waals surface area (Å²) in [7, 11) is 0. The van der Waals surface area contributed by atoms with E-state index in [1.54, 1.807) is 0 Å². The zero-order chi connectivity index (χ0) is 19.9. The fourth-order valence-electron chi connectivity index (χ4n) is 2.25. The summed E-state index contributed by atoms with van der Waals surface area (Å²) in [6.45, 7) is 8.13. The number of rotatable bonds is 3. The molecule has 5 N–H and O–H groups in total. The normalized spacial score (nSPS) is 19.3. The van der Waals surface area contributed by atoms with Gasteiger partial charge >= 0.3 is 0 Å². The number of aryl methyl sites for hydroxylation is 1. The number of ether oxygens (including phenoxy) is 2. The van der Waals surface area contributed by atoms with E-state index in [1.165, 1.54) is 12.8 Å². The molecule has 0 bridgehead atoms. The van der Waals surface area contributed by atoms with Crippen LogP contribution in [0.5, 0.6) is 0 Å². The Hall–Kier alpha value is -2.20. The minimum absolute atomic E-state index is 0.158. The summed E-state index contributed by atoms with van der Waals surface area (Å²) in [4.78, 5) is 4.16. The molecule has 0 unspecified atom stereocenters. The Morgan fingerprint density at radius 1 is 1.33 bits per heavy atom. The summed E-state index contributed by atoms with van der Waals surface area (Å²) in [6.07, 6.45) is 3.32. The second-order valence-corrected chi connectivity index (χ2v) is 7.68. The summed E-state index contributed by atoms with van der Waals surface area (Å²) >= 11 is 0. The maximum absolute atomic E-state index is 7.02. The van der Waals surface area contributed by atoms with Gasteiger partial charge < -0.3 is 26.4 Å². The van der Waals surface area contributed by atoms with E-state index in [2.05, 4.69) is 30.7 Å². The number of benzene rings is 1. The van der Waals surface area contributed by atoms with Crippen molar-refractivity contribution in [2.75, 3.05) is 19.8 Å². The molecule has 146 valence electrons. The molecule has 6 nitrogen and oxygen atoms in total. The van der Waals surface area contributed by atoms with Gasteiger partial charge in [0.2, 0.25) is 0 Å². The molecule has 1 saturated carbocycles. The van der Waals surface area contributed by atoms with Crippen molar-refractivity contribution in [3.8, 4) is 11.8 Å². The largest absolute Gasteiger partial charge is 0.382 e. The van der Waals surface area contributed by atoms with Crippen LogP contribution in [0.1, 0.15) is 37.8 Å². The average molecular weight is 370 g/mol. The molecule has 1 aliphatic heterocycles. The maximum Gasteiger partial charge on any atom is 0.169 e. The van der Waals surface area contributed by atoms with E-state index in [4.69, 9.17) is 26.4 Å². The molecule has 27 heavy (non-hydrogen) atoms. The van der Waals surface area contributed by atoms with Crippen molar-refractivity contribution in [1.29, 1.82) is 5.41 Å². The van der Waals surface area contributed by atoms with E-state index < -0.39 is 0 Å². The van der Waals surface area contributed by atoms with Crippen LogP contribution in [0.25, 0.3) is 0 Å². The van der Waals surface area contributed by atoms with E-state index >= 15 is 0 Å². The summed E-state index contributed by atoms with van der Waals surface area (Å²) in [6, 6.07) is 5.89. The third kappa shape index (κ3) is 7.51. The predicted octanol–water partition coefficient (Wildman–Crippen LogP) is 2.74. The monoisotopic (exact) mass is 370 g/mol. The lowest BCUT2D eigenvalue weighted by molar-refractivity contribution is -0.215. The summed E-state index contributed by atoms with van der Waals surface area (Å²) in [5.74, 6) is 7.16. The third-order valence-corrected chi connectivity index (χ3v) is 4.12. The molecule has 1 heterocycles. The quantitative estimate of drug-likeness (QED) is 0.432. The van der Waals surface area contributed by atoms with Crippen LogP contribution in [0.4, 0.5) is 5.69 Å². The highest BCUT2D eigenvalue weighted by molar-refractivity contribution is 6.28. The molecule has 2 aliphatic rings. The van der Waals surface area contributed by atoms with Crippen LogP contribution >= 0.6 is 0 Å². The van der Waals surface area contributed by atoms with Gasteiger partial charge in [-0.25, -0.2) is 4.99 Å². The van der Waals surface area contributed by atoms with Crippen LogP contribution in [-0.2, 0) is 9.47 Å². The Bertz CT molecular complexity index is 732. The first-order valence-corrected chi connectivity index (χ1v) is 9.23. The topological polar surface area (TPSA) is 107 Å². The molecule has 3 rings (SSSR count). The number of nitrogens with two attached hydrogens (primary N) is 2. The van der Waals surface area contributed by atoms with E-state index in [-0.39, 0.29) is 17.5 Å². The average Bonchev–Trinajstić information content (AvgIpc) is 3.47. The van der Waals surface area contributed by atoms with Gasteiger partial charge in [-0.3, -0.25) is 0 Å². The Balaban J connectivity index is 0.000000223. The minimum atomic E-state index is -0.173. The van der Waals surface area contributed by atoms with Crippen LogP contribution in [0.15, 0.2) is 23.2 Å². The molecule has 0 spiro atoms. The van der Waals surface area contributed by atoms with Gasteiger partial charge in [0, 0.05) is 23.4 Å². The summed E-state index contributed by atoms with van der Waals surface area (Å²) in [5.41, 5.74) is 13.8. The molecule has 2 fully saturated rings. The third-order valence-electron chi connectivity index (χ3n) is 4.12. The van der Waals surface area contributed by atoms with Crippen molar-refractivity contribution in [2.24, 2.45) is 27.8 Å². The molecule has 6 heteroatoms.